The number of ether oxygens (including phenoxy) is 3. The number of hydrogen-bond donors (Lipinski definition) is 2. The van der Waals surface area contributed by atoms with E-state index >= 15 is 0 Å². The molecule has 0 saturated heterocycles. The minimum absolute atomic E-state index is 0.00694. The Kier molecular flexibility index (Phi) is 6.09. The first-order valence-electron chi connectivity index (χ1n) is 10.1. The van der Waals surface area contributed by atoms with Crippen molar-refractivity contribution in [3.8, 4) is 22.6 Å². The molecule has 3 aromatic rings. The van der Waals surface area contributed by atoms with Gasteiger partial charge in [-0.25, -0.2) is 4.79 Å². The average Bonchev–Trinajstić information content (AvgIpc) is 3.14. The van der Waals surface area contributed by atoms with Gasteiger partial charge >= 0.3 is 6.09 Å². The molecule has 0 bridgehead atoms. The fourth-order valence-corrected chi connectivity index (χ4v) is 3.97. The fourth-order valence-electron chi connectivity index (χ4n) is 3.97. The zero-order valence-electron chi connectivity index (χ0n) is 17.5. The maximum absolute atomic E-state index is 12.3. The molecule has 1 atom stereocenters. The van der Waals surface area contributed by atoms with Gasteiger partial charge in [0, 0.05) is 12.0 Å². The lowest BCUT2D eigenvalue weighted by Gasteiger charge is -2.17. The van der Waals surface area contributed by atoms with Gasteiger partial charge < -0.3 is 24.6 Å². The number of aliphatic hydroxyl groups is 1. The van der Waals surface area contributed by atoms with Gasteiger partial charge in [-0.1, -0.05) is 48.5 Å². The van der Waals surface area contributed by atoms with Crippen LogP contribution in [0.1, 0.15) is 28.7 Å². The second-order valence-electron chi connectivity index (χ2n) is 7.37. The average molecular weight is 419 g/mol. The second-order valence-corrected chi connectivity index (χ2v) is 7.37. The number of rotatable bonds is 7. The minimum atomic E-state index is -0.926. The maximum Gasteiger partial charge on any atom is 0.407 e. The fraction of sp³-hybridized carbons (Fsp3) is 0.240. The number of methoxy groups -OCH3 is 2. The van der Waals surface area contributed by atoms with Gasteiger partial charge in [0.2, 0.25) is 0 Å². The van der Waals surface area contributed by atoms with Crippen LogP contribution in [0.2, 0.25) is 0 Å². The Bertz CT molecular complexity index is 1010. The number of alkyl carbamates (subject to hydrolysis) is 1. The first-order valence-corrected chi connectivity index (χ1v) is 10.1. The summed E-state index contributed by atoms with van der Waals surface area (Å²) in [6.07, 6.45) is -1.50. The molecule has 160 valence electrons. The summed E-state index contributed by atoms with van der Waals surface area (Å²) in [6.45, 7) is 0.232. The number of fused-ring (bicyclic) bond motifs is 3. The summed E-state index contributed by atoms with van der Waals surface area (Å²) >= 11 is 0. The molecule has 0 aromatic heterocycles. The zero-order valence-corrected chi connectivity index (χ0v) is 17.5. The van der Waals surface area contributed by atoms with E-state index < -0.39 is 12.2 Å². The third-order valence-corrected chi connectivity index (χ3v) is 5.54. The van der Waals surface area contributed by atoms with E-state index in [1.807, 2.05) is 24.3 Å². The first-order chi connectivity index (χ1) is 15.1. The molecule has 2 N–H and O–H groups in total. The highest BCUT2D eigenvalue weighted by atomic mass is 16.5. The van der Waals surface area contributed by atoms with Gasteiger partial charge in [0.25, 0.3) is 0 Å². The van der Waals surface area contributed by atoms with Crippen molar-refractivity contribution in [1.29, 1.82) is 0 Å². The van der Waals surface area contributed by atoms with Crippen molar-refractivity contribution in [2.24, 2.45) is 0 Å². The van der Waals surface area contributed by atoms with Crippen LogP contribution in [0.4, 0.5) is 4.79 Å². The summed E-state index contributed by atoms with van der Waals surface area (Å²) < 4.78 is 16.0. The van der Waals surface area contributed by atoms with Crippen LogP contribution in [0.5, 0.6) is 11.5 Å². The number of carbonyl (C=O) groups is 1. The van der Waals surface area contributed by atoms with Gasteiger partial charge in [-0.15, -0.1) is 0 Å². The van der Waals surface area contributed by atoms with E-state index in [1.165, 1.54) is 11.1 Å². The maximum atomic E-state index is 12.3. The molecule has 1 aliphatic carbocycles. The number of nitrogens with one attached hydrogen (secondary N) is 1. The Balaban J connectivity index is 1.37. The van der Waals surface area contributed by atoms with Crippen LogP contribution in [-0.4, -0.2) is 38.6 Å². The largest absolute Gasteiger partial charge is 0.497 e. The number of benzene rings is 3. The predicted molar refractivity (Wildman–Crippen MR) is 118 cm³/mol. The molecule has 6 nitrogen and oxygen atoms in total. The highest BCUT2D eigenvalue weighted by Gasteiger charge is 2.29. The van der Waals surface area contributed by atoms with Crippen LogP contribution in [0, 0.1) is 0 Å². The van der Waals surface area contributed by atoms with Crippen LogP contribution in [-0.2, 0) is 4.74 Å². The van der Waals surface area contributed by atoms with Crippen LogP contribution >= 0.6 is 0 Å². The summed E-state index contributed by atoms with van der Waals surface area (Å²) in [4.78, 5) is 12.3. The summed E-state index contributed by atoms with van der Waals surface area (Å²) in [5, 5.41) is 13.1. The molecule has 6 heteroatoms. The van der Waals surface area contributed by atoms with Crippen molar-refractivity contribution in [3.05, 3.63) is 83.4 Å². The van der Waals surface area contributed by atoms with Gasteiger partial charge in [0.1, 0.15) is 18.1 Å². The highest BCUT2D eigenvalue weighted by molar-refractivity contribution is 5.79. The summed E-state index contributed by atoms with van der Waals surface area (Å²) in [5.74, 6) is 1.12. The quantitative estimate of drug-likeness (QED) is 0.598. The van der Waals surface area contributed by atoms with Gasteiger partial charge in [-0.2, -0.15) is 0 Å². The van der Waals surface area contributed by atoms with Crippen molar-refractivity contribution < 1.29 is 24.1 Å². The van der Waals surface area contributed by atoms with E-state index in [0.717, 1.165) is 11.1 Å². The summed E-state index contributed by atoms with van der Waals surface area (Å²) in [7, 11) is 3.08. The molecule has 3 aromatic carbocycles. The van der Waals surface area contributed by atoms with Gasteiger partial charge in [0.15, 0.2) is 0 Å². The molecule has 0 heterocycles. The Morgan fingerprint density at radius 1 is 0.935 bits per heavy atom. The van der Waals surface area contributed by atoms with E-state index in [0.29, 0.717) is 17.1 Å². The van der Waals surface area contributed by atoms with E-state index in [2.05, 4.69) is 29.6 Å². The molecule has 1 unspecified atom stereocenters. The Labute approximate surface area is 181 Å². The molecular weight excluding hydrogens is 394 g/mol. The van der Waals surface area contributed by atoms with Crippen LogP contribution < -0.4 is 14.8 Å². The van der Waals surface area contributed by atoms with Crippen molar-refractivity contribution in [2.75, 3.05) is 27.4 Å². The van der Waals surface area contributed by atoms with Gasteiger partial charge in [-0.05, 0) is 39.9 Å². The lowest BCUT2D eigenvalue weighted by Crippen LogP contribution is -2.30. The molecule has 1 aliphatic rings. The highest BCUT2D eigenvalue weighted by Crippen LogP contribution is 2.44. The van der Waals surface area contributed by atoms with Crippen molar-refractivity contribution in [1.82, 2.24) is 5.32 Å². The predicted octanol–water partition coefficient (Wildman–Crippen LogP) is 4.28. The monoisotopic (exact) mass is 419 g/mol. The van der Waals surface area contributed by atoms with E-state index in [4.69, 9.17) is 14.2 Å². The van der Waals surface area contributed by atoms with Crippen LogP contribution in [0.15, 0.2) is 66.7 Å². The molecular formula is C25H25NO5. The molecule has 0 saturated carbocycles. The molecule has 1 amide bonds. The number of hydrogen-bond acceptors (Lipinski definition) is 5. The molecule has 31 heavy (non-hydrogen) atoms. The molecule has 0 spiro atoms. The Morgan fingerprint density at radius 3 is 2.03 bits per heavy atom. The molecule has 4 rings (SSSR count). The molecule has 0 aliphatic heterocycles. The Hall–Kier alpha value is -3.51. The third-order valence-electron chi connectivity index (χ3n) is 5.54. The van der Waals surface area contributed by atoms with Crippen molar-refractivity contribution >= 4 is 6.09 Å². The first kappa shape index (κ1) is 20.8. The number of aliphatic hydroxyl groups excluding tert-OH is 1. The van der Waals surface area contributed by atoms with Gasteiger partial charge in [-0.3, -0.25) is 0 Å². The lowest BCUT2D eigenvalue weighted by molar-refractivity contribution is 0.128. The van der Waals surface area contributed by atoms with Crippen molar-refractivity contribution in [3.63, 3.8) is 0 Å². The second kappa shape index (κ2) is 9.10. The van der Waals surface area contributed by atoms with E-state index in [9.17, 15) is 9.90 Å². The topological polar surface area (TPSA) is 77.0 Å². The normalized spacial score (nSPS) is 13.1. The van der Waals surface area contributed by atoms with Gasteiger partial charge in [0.05, 0.1) is 26.9 Å². The zero-order chi connectivity index (χ0) is 21.8. The van der Waals surface area contributed by atoms with Crippen molar-refractivity contribution in [2.45, 2.75) is 12.0 Å². The smallest absolute Gasteiger partial charge is 0.407 e. The molecule has 0 fully saturated rings. The van der Waals surface area contributed by atoms with Crippen LogP contribution in [0.3, 0.4) is 0 Å². The number of amides is 1. The third kappa shape index (κ3) is 4.34. The summed E-state index contributed by atoms with van der Waals surface area (Å²) in [5.41, 5.74) is 5.24. The SMILES string of the molecule is COc1cc(OC)cc(C(O)CNC(=O)OCC2c3ccccc3-c3ccccc32)c1. The molecule has 0 radical (unpaired) electrons. The number of carbonyl (C=O) groups excluding carboxylic acids is 1. The van der Waals surface area contributed by atoms with Crippen LogP contribution in [0.25, 0.3) is 11.1 Å². The lowest BCUT2D eigenvalue weighted by atomic mass is 9.98. The van der Waals surface area contributed by atoms with E-state index in [-0.39, 0.29) is 19.1 Å². The Morgan fingerprint density at radius 2 is 1.48 bits per heavy atom. The standard InChI is InChI=1S/C25H25NO5/c1-29-17-11-16(12-18(13-17)30-2)24(27)14-26-25(28)31-15-23-21-9-5-3-7-19(21)20-8-4-6-10-22(20)23/h3-13,23-24,27H,14-15H2,1-2H3,(H,26,28). The van der Waals surface area contributed by atoms with E-state index in [1.54, 1.807) is 32.4 Å². The minimum Gasteiger partial charge on any atom is -0.497 e. The summed E-state index contributed by atoms with van der Waals surface area (Å²) in [6, 6.07) is 21.5.